The molecule has 1 nitrogen and oxygen atoms in total. The molecular formula is C22H32OS. The zero-order chi connectivity index (χ0) is 18.0. The topological polar surface area (TPSA) is 17.1 Å². The van der Waals surface area contributed by atoms with Crippen LogP contribution in [0, 0.1) is 5.92 Å². The van der Waals surface area contributed by atoms with Gasteiger partial charge in [-0.15, -0.1) is 0 Å². The van der Waals surface area contributed by atoms with Crippen LogP contribution in [0.1, 0.15) is 63.7 Å². The lowest BCUT2D eigenvalue weighted by Gasteiger charge is -2.22. The molecule has 1 unspecified atom stereocenters. The molecule has 2 heteroatoms. The number of hydrogen-bond donors (Lipinski definition) is 0. The summed E-state index contributed by atoms with van der Waals surface area (Å²) in [4.78, 5) is 12.1. The van der Waals surface area contributed by atoms with Crippen LogP contribution in [0.3, 0.4) is 0 Å². The normalized spacial score (nSPS) is 14.1. The third kappa shape index (κ3) is 8.54. The average molecular weight is 345 g/mol. The van der Waals surface area contributed by atoms with Crippen LogP contribution in [0.15, 0.2) is 54.1 Å². The van der Waals surface area contributed by atoms with Crippen LogP contribution in [-0.2, 0) is 0 Å². The molecule has 1 aromatic carbocycles. The van der Waals surface area contributed by atoms with Crippen molar-refractivity contribution in [3.8, 4) is 0 Å². The lowest BCUT2D eigenvalue weighted by Crippen LogP contribution is -2.13. The van der Waals surface area contributed by atoms with Crippen molar-refractivity contribution in [1.29, 1.82) is 0 Å². The summed E-state index contributed by atoms with van der Waals surface area (Å²) < 4.78 is 0.396. The lowest BCUT2D eigenvalue weighted by molar-refractivity contribution is 0.104. The molecule has 0 amide bonds. The molecular weight excluding hydrogens is 312 g/mol. The zero-order valence-corrected chi connectivity index (χ0v) is 16.7. The summed E-state index contributed by atoms with van der Waals surface area (Å²) in [6.07, 6.45) is 13.1. The van der Waals surface area contributed by atoms with Crippen LogP contribution in [0.4, 0.5) is 0 Å². The van der Waals surface area contributed by atoms with Gasteiger partial charge in [0.15, 0.2) is 5.78 Å². The summed E-state index contributed by atoms with van der Waals surface area (Å²) in [5.41, 5.74) is 1.76. The Morgan fingerprint density at radius 1 is 1.25 bits per heavy atom. The molecule has 1 atom stereocenters. The predicted molar refractivity (Wildman–Crippen MR) is 109 cm³/mol. The largest absolute Gasteiger partial charge is 0.289 e. The van der Waals surface area contributed by atoms with Gasteiger partial charge in [-0.1, -0.05) is 76.1 Å². The number of benzene rings is 1. The molecule has 0 saturated carbocycles. The maximum Gasteiger partial charge on any atom is 0.186 e. The standard InChI is InChI=1S/C22H32OS/c1-18(13-10-16-22(3,4)24-5)11-9-12-19(2)17-21(23)20-14-7-6-8-15-20/h6-9,12,14-15,17-18H,10-11,13,16H2,1-5H3. The van der Waals surface area contributed by atoms with Gasteiger partial charge in [-0.3, -0.25) is 4.79 Å². The van der Waals surface area contributed by atoms with Crippen molar-refractivity contribution in [2.24, 2.45) is 5.92 Å². The first kappa shape index (κ1) is 20.8. The monoisotopic (exact) mass is 344 g/mol. The Labute approximate surface area is 152 Å². The quantitative estimate of drug-likeness (QED) is 0.266. The molecule has 0 saturated heterocycles. The summed E-state index contributed by atoms with van der Waals surface area (Å²) in [6.45, 7) is 8.94. The molecule has 0 heterocycles. The second-order valence-electron chi connectivity index (χ2n) is 7.22. The fraction of sp³-hybridized carbons (Fsp3) is 0.500. The molecule has 132 valence electrons. The smallest absolute Gasteiger partial charge is 0.186 e. The first-order valence-electron chi connectivity index (χ1n) is 8.83. The Morgan fingerprint density at radius 2 is 1.92 bits per heavy atom. The SMILES string of the molecule is CSC(C)(C)CCCC(C)CC=CC(C)=CC(=O)c1ccccc1. The summed E-state index contributed by atoms with van der Waals surface area (Å²) in [7, 11) is 0. The van der Waals surface area contributed by atoms with Crippen molar-refractivity contribution in [1.82, 2.24) is 0 Å². The van der Waals surface area contributed by atoms with Gasteiger partial charge < -0.3 is 0 Å². The molecule has 0 aliphatic heterocycles. The van der Waals surface area contributed by atoms with E-state index in [-0.39, 0.29) is 5.78 Å². The first-order valence-corrected chi connectivity index (χ1v) is 10.1. The van der Waals surface area contributed by atoms with Gasteiger partial charge in [-0.25, -0.2) is 0 Å². The van der Waals surface area contributed by atoms with Crippen molar-refractivity contribution >= 4 is 17.5 Å². The summed E-state index contributed by atoms with van der Waals surface area (Å²) in [6, 6.07) is 9.43. The van der Waals surface area contributed by atoms with E-state index in [1.165, 1.54) is 19.3 Å². The van der Waals surface area contributed by atoms with E-state index < -0.39 is 0 Å². The Hall–Kier alpha value is -1.28. The predicted octanol–water partition coefficient (Wildman–Crippen LogP) is 6.71. The highest BCUT2D eigenvalue weighted by molar-refractivity contribution is 7.99. The van der Waals surface area contributed by atoms with E-state index in [4.69, 9.17) is 0 Å². The Kier molecular flexibility index (Phi) is 9.13. The number of hydrogen-bond acceptors (Lipinski definition) is 2. The van der Waals surface area contributed by atoms with Gasteiger partial charge in [0, 0.05) is 10.3 Å². The lowest BCUT2D eigenvalue weighted by atomic mass is 9.96. The van der Waals surface area contributed by atoms with Gasteiger partial charge in [0.25, 0.3) is 0 Å². The minimum atomic E-state index is 0.0742. The molecule has 0 radical (unpaired) electrons. The van der Waals surface area contributed by atoms with E-state index in [0.717, 1.165) is 17.6 Å². The van der Waals surface area contributed by atoms with Crippen molar-refractivity contribution in [3.63, 3.8) is 0 Å². The van der Waals surface area contributed by atoms with Crippen LogP contribution in [0.25, 0.3) is 0 Å². The van der Waals surface area contributed by atoms with E-state index in [9.17, 15) is 4.79 Å². The molecule has 24 heavy (non-hydrogen) atoms. The number of carbonyl (C=O) groups is 1. The van der Waals surface area contributed by atoms with E-state index in [0.29, 0.717) is 10.7 Å². The van der Waals surface area contributed by atoms with E-state index in [2.05, 4.69) is 39.2 Å². The Balaban J connectivity index is 2.37. The maximum absolute atomic E-state index is 12.1. The number of ketones is 1. The Bertz CT molecular complexity index is 555. The van der Waals surface area contributed by atoms with Crippen LogP contribution < -0.4 is 0 Å². The van der Waals surface area contributed by atoms with Gasteiger partial charge in [-0.2, -0.15) is 11.8 Å². The van der Waals surface area contributed by atoms with E-state index >= 15 is 0 Å². The zero-order valence-electron chi connectivity index (χ0n) is 15.8. The third-order valence-electron chi connectivity index (χ3n) is 4.36. The van der Waals surface area contributed by atoms with Gasteiger partial charge in [0.2, 0.25) is 0 Å². The highest BCUT2D eigenvalue weighted by atomic mass is 32.2. The first-order chi connectivity index (χ1) is 11.3. The summed E-state index contributed by atoms with van der Waals surface area (Å²) >= 11 is 1.95. The molecule has 0 aliphatic carbocycles. The molecule has 0 N–H and O–H groups in total. The fourth-order valence-corrected chi connectivity index (χ4v) is 2.87. The van der Waals surface area contributed by atoms with E-state index in [1.54, 1.807) is 6.08 Å². The number of rotatable bonds is 10. The minimum absolute atomic E-state index is 0.0742. The van der Waals surface area contributed by atoms with Gasteiger partial charge >= 0.3 is 0 Å². The van der Waals surface area contributed by atoms with Crippen LogP contribution >= 0.6 is 11.8 Å². The second-order valence-corrected chi connectivity index (χ2v) is 8.73. The number of carbonyl (C=O) groups excluding carboxylic acids is 1. The molecule has 0 aliphatic rings. The molecule has 1 aromatic rings. The van der Waals surface area contributed by atoms with Crippen molar-refractivity contribution in [3.05, 3.63) is 59.7 Å². The molecule has 0 fully saturated rings. The van der Waals surface area contributed by atoms with Gasteiger partial charge in [0.1, 0.15) is 0 Å². The van der Waals surface area contributed by atoms with Crippen LogP contribution in [-0.4, -0.2) is 16.8 Å². The fourth-order valence-electron chi connectivity index (χ4n) is 2.52. The van der Waals surface area contributed by atoms with Gasteiger partial charge in [0.05, 0.1) is 0 Å². The van der Waals surface area contributed by atoms with E-state index in [1.807, 2.05) is 49.0 Å². The second kappa shape index (κ2) is 10.6. The van der Waals surface area contributed by atoms with Crippen molar-refractivity contribution in [2.75, 3.05) is 6.26 Å². The van der Waals surface area contributed by atoms with Crippen LogP contribution in [0.2, 0.25) is 0 Å². The highest BCUT2D eigenvalue weighted by Crippen LogP contribution is 2.28. The maximum atomic E-state index is 12.1. The molecule has 0 bridgehead atoms. The third-order valence-corrected chi connectivity index (χ3v) is 5.67. The summed E-state index contributed by atoms with van der Waals surface area (Å²) in [5.74, 6) is 0.765. The van der Waals surface area contributed by atoms with Gasteiger partial charge in [-0.05, 0) is 43.6 Å². The molecule has 0 spiro atoms. The number of thioether (sulfide) groups is 1. The van der Waals surface area contributed by atoms with Crippen LogP contribution in [0.5, 0.6) is 0 Å². The average Bonchev–Trinajstić information content (AvgIpc) is 2.55. The molecule has 0 aromatic heterocycles. The summed E-state index contributed by atoms with van der Waals surface area (Å²) in [5, 5.41) is 0. The highest BCUT2D eigenvalue weighted by Gasteiger charge is 2.15. The number of allylic oxidation sites excluding steroid dienone is 4. The van der Waals surface area contributed by atoms with Crippen molar-refractivity contribution in [2.45, 2.75) is 58.1 Å². The van der Waals surface area contributed by atoms with Crippen molar-refractivity contribution < 1.29 is 4.79 Å². The molecule has 1 rings (SSSR count). The minimum Gasteiger partial charge on any atom is -0.289 e. The Morgan fingerprint density at radius 3 is 2.54 bits per heavy atom.